The molecule has 0 bridgehead atoms. The maximum absolute atomic E-state index is 12.9. The van der Waals surface area contributed by atoms with Crippen molar-refractivity contribution in [2.24, 2.45) is 0 Å². The van der Waals surface area contributed by atoms with Gasteiger partial charge in [0.25, 0.3) is 0 Å². The van der Waals surface area contributed by atoms with E-state index in [1.165, 1.54) is 12.1 Å². The summed E-state index contributed by atoms with van der Waals surface area (Å²) in [6.07, 6.45) is 0.254. The van der Waals surface area contributed by atoms with Crippen LogP contribution in [0.3, 0.4) is 0 Å². The van der Waals surface area contributed by atoms with E-state index in [4.69, 9.17) is 4.74 Å². The van der Waals surface area contributed by atoms with Gasteiger partial charge >= 0.3 is 0 Å². The molecule has 0 aromatic heterocycles. The molecule has 4 heteroatoms. The van der Waals surface area contributed by atoms with Crippen LogP contribution in [0, 0.1) is 5.82 Å². The molecular formula is C13H19BrFNO. The second-order valence-corrected chi connectivity index (χ2v) is 5.12. The number of nitrogens with one attached hydrogen (secondary N) is 1. The van der Waals surface area contributed by atoms with Crippen LogP contribution in [0.2, 0.25) is 0 Å². The van der Waals surface area contributed by atoms with Crippen molar-refractivity contribution in [1.82, 2.24) is 5.32 Å². The maximum atomic E-state index is 12.9. The lowest BCUT2D eigenvalue weighted by Gasteiger charge is -2.16. The van der Waals surface area contributed by atoms with E-state index in [9.17, 15) is 4.39 Å². The van der Waals surface area contributed by atoms with Crippen molar-refractivity contribution < 1.29 is 9.13 Å². The van der Waals surface area contributed by atoms with Crippen molar-refractivity contribution in [1.29, 1.82) is 0 Å². The van der Waals surface area contributed by atoms with Crippen molar-refractivity contribution in [3.8, 4) is 0 Å². The molecule has 1 aromatic rings. The van der Waals surface area contributed by atoms with Gasteiger partial charge in [0.05, 0.1) is 12.7 Å². The summed E-state index contributed by atoms with van der Waals surface area (Å²) < 4.78 is 19.2. The third kappa shape index (κ3) is 5.15. The first-order chi connectivity index (χ1) is 8.00. The van der Waals surface area contributed by atoms with Gasteiger partial charge in [0, 0.05) is 17.1 Å². The molecule has 96 valence electrons. The molecule has 1 atom stereocenters. The first-order valence-electron chi connectivity index (χ1n) is 5.80. The fourth-order valence-corrected chi connectivity index (χ4v) is 2.23. The third-order valence-electron chi connectivity index (χ3n) is 2.43. The lowest BCUT2D eigenvalue weighted by Crippen LogP contribution is -2.24. The second-order valence-electron chi connectivity index (χ2n) is 4.26. The van der Waals surface area contributed by atoms with E-state index in [2.05, 4.69) is 21.2 Å². The van der Waals surface area contributed by atoms with Crippen LogP contribution in [0.4, 0.5) is 4.39 Å². The Labute approximate surface area is 111 Å². The Morgan fingerprint density at radius 1 is 1.35 bits per heavy atom. The summed E-state index contributed by atoms with van der Waals surface area (Å²) in [5.41, 5.74) is 1.05. The van der Waals surface area contributed by atoms with E-state index in [0.29, 0.717) is 6.61 Å². The number of hydrogen-bond donors (Lipinski definition) is 1. The average Bonchev–Trinajstić information content (AvgIpc) is 2.23. The monoisotopic (exact) mass is 303 g/mol. The molecule has 2 nitrogen and oxygen atoms in total. The quantitative estimate of drug-likeness (QED) is 0.810. The van der Waals surface area contributed by atoms with Gasteiger partial charge in [-0.15, -0.1) is 0 Å². The minimum atomic E-state index is -0.226. The zero-order valence-electron chi connectivity index (χ0n) is 10.5. The Morgan fingerprint density at radius 2 is 2.06 bits per heavy atom. The smallest absolute Gasteiger partial charge is 0.124 e. The normalized spacial score (nSPS) is 13.1. The maximum Gasteiger partial charge on any atom is 0.124 e. The predicted octanol–water partition coefficient (Wildman–Crippen LogP) is 3.66. The molecule has 0 amide bonds. The number of benzene rings is 1. The van der Waals surface area contributed by atoms with Gasteiger partial charge in [-0.1, -0.05) is 22.0 Å². The Balaban J connectivity index is 2.44. The van der Waals surface area contributed by atoms with Crippen LogP contribution in [0.5, 0.6) is 0 Å². The molecule has 0 aliphatic heterocycles. The standard InChI is InChI=1S/C13H19BrFNO/c1-9(2)17-7-6-16-10(3)12-5-4-11(15)8-13(12)14/h4-5,8-10,16H,6-7H2,1-3H3. The molecule has 0 spiro atoms. The van der Waals surface area contributed by atoms with E-state index in [0.717, 1.165) is 16.6 Å². The van der Waals surface area contributed by atoms with Crippen LogP contribution in [0.25, 0.3) is 0 Å². The number of ether oxygens (including phenoxy) is 1. The molecule has 1 unspecified atom stereocenters. The Hall–Kier alpha value is -0.450. The van der Waals surface area contributed by atoms with Gasteiger partial charge in [0.2, 0.25) is 0 Å². The van der Waals surface area contributed by atoms with Crippen molar-refractivity contribution >= 4 is 15.9 Å². The number of halogens is 2. The minimum Gasteiger partial charge on any atom is -0.377 e. The molecule has 0 aliphatic carbocycles. The van der Waals surface area contributed by atoms with Crippen LogP contribution in [-0.2, 0) is 4.74 Å². The summed E-state index contributed by atoms with van der Waals surface area (Å²) >= 11 is 3.37. The summed E-state index contributed by atoms with van der Waals surface area (Å²) in [5.74, 6) is -0.226. The predicted molar refractivity (Wildman–Crippen MR) is 71.6 cm³/mol. The topological polar surface area (TPSA) is 21.3 Å². The molecule has 1 aromatic carbocycles. The molecule has 0 fully saturated rings. The van der Waals surface area contributed by atoms with Gasteiger partial charge in [-0.2, -0.15) is 0 Å². The average molecular weight is 304 g/mol. The zero-order valence-corrected chi connectivity index (χ0v) is 12.1. The van der Waals surface area contributed by atoms with E-state index >= 15 is 0 Å². The SMILES string of the molecule is CC(C)OCCNC(C)c1ccc(F)cc1Br. The van der Waals surface area contributed by atoms with Gasteiger partial charge < -0.3 is 10.1 Å². The van der Waals surface area contributed by atoms with E-state index in [1.807, 2.05) is 20.8 Å². The summed E-state index contributed by atoms with van der Waals surface area (Å²) in [5, 5.41) is 3.34. The van der Waals surface area contributed by atoms with E-state index < -0.39 is 0 Å². The summed E-state index contributed by atoms with van der Waals surface area (Å²) in [4.78, 5) is 0. The zero-order chi connectivity index (χ0) is 12.8. The van der Waals surface area contributed by atoms with Gasteiger partial charge in [-0.05, 0) is 38.5 Å². The fraction of sp³-hybridized carbons (Fsp3) is 0.538. The van der Waals surface area contributed by atoms with Crippen LogP contribution in [0.1, 0.15) is 32.4 Å². The van der Waals surface area contributed by atoms with Gasteiger partial charge in [0.1, 0.15) is 5.82 Å². The highest BCUT2D eigenvalue weighted by Crippen LogP contribution is 2.23. The number of rotatable bonds is 6. The molecule has 17 heavy (non-hydrogen) atoms. The van der Waals surface area contributed by atoms with Crippen LogP contribution >= 0.6 is 15.9 Å². The molecule has 0 aliphatic rings. The summed E-state index contributed by atoms with van der Waals surface area (Å²) in [6.45, 7) is 7.54. The van der Waals surface area contributed by atoms with Crippen molar-refractivity contribution in [3.63, 3.8) is 0 Å². The second kappa shape index (κ2) is 7.09. The number of hydrogen-bond acceptors (Lipinski definition) is 2. The Morgan fingerprint density at radius 3 is 2.65 bits per heavy atom. The molecule has 0 radical (unpaired) electrons. The summed E-state index contributed by atoms with van der Waals surface area (Å²) in [6, 6.07) is 4.92. The first kappa shape index (κ1) is 14.6. The lowest BCUT2D eigenvalue weighted by atomic mass is 10.1. The van der Waals surface area contributed by atoms with Crippen molar-refractivity contribution in [3.05, 3.63) is 34.1 Å². The summed E-state index contributed by atoms with van der Waals surface area (Å²) in [7, 11) is 0. The molecule has 0 saturated carbocycles. The van der Waals surface area contributed by atoms with Crippen molar-refractivity contribution in [2.75, 3.05) is 13.2 Å². The van der Waals surface area contributed by atoms with E-state index in [1.54, 1.807) is 6.07 Å². The molecular weight excluding hydrogens is 285 g/mol. The first-order valence-corrected chi connectivity index (χ1v) is 6.60. The molecule has 1 rings (SSSR count). The van der Waals surface area contributed by atoms with Gasteiger partial charge in [-0.3, -0.25) is 0 Å². The molecule has 0 saturated heterocycles. The highest BCUT2D eigenvalue weighted by molar-refractivity contribution is 9.10. The van der Waals surface area contributed by atoms with Crippen LogP contribution in [0.15, 0.2) is 22.7 Å². The molecule has 1 N–H and O–H groups in total. The van der Waals surface area contributed by atoms with Crippen LogP contribution in [-0.4, -0.2) is 19.3 Å². The van der Waals surface area contributed by atoms with Gasteiger partial charge in [-0.25, -0.2) is 4.39 Å². The fourth-order valence-electron chi connectivity index (χ4n) is 1.53. The lowest BCUT2D eigenvalue weighted by molar-refractivity contribution is 0.0796. The Kier molecular flexibility index (Phi) is 6.09. The van der Waals surface area contributed by atoms with Gasteiger partial charge in [0.15, 0.2) is 0 Å². The Bertz CT molecular complexity index is 357. The van der Waals surface area contributed by atoms with Crippen LogP contribution < -0.4 is 5.32 Å². The highest BCUT2D eigenvalue weighted by atomic mass is 79.9. The van der Waals surface area contributed by atoms with E-state index in [-0.39, 0.29) is 18.0 Å². The van der Waals surface area contributed by atoms with Crippen molar-refractivity contribution in [2.45, 2.75) is 32.9 Å². The third-order valence-corrected chi connectivity index (χ3v) is 3.12. The largest absolute Gasteiger partial charge is 0.377 e. The minimum absolute atomic E-state index is 0.167. The highest BCUT2D eigenvalue weighted by Gasteiger charge is 2.09. The molecule has 0 heterocycles.